The van der Waals surface area contributed by atoms with Crippen LogP contribution in [0.15, 0.2) is 6.33 Å². The number of anilines is 1. The first-order chi connectivity index (χ1) is 9.72. The van der Waals surface area contributed by atoms with Gasteiger partial charge >= 0.3 is 0 Å². The normalized spacial score (nSPS) is 26.2. The van der Waals surface area contributed by atoms with E-state index in [2.05, 4.69) is 28.7 Å². The van der Waals surface area contributed by atoms with Gasteiger partial charge in [-0.15, -0.1) is 11.3 Å². The minimum absolute atomic E-state index is 0.260. The van der Waals surface area contributed by atoms with E-state index in [1.54, 1.807) is 6.33 Å². The molecule has 2 aromatic heterocycles. The Kier molecular flexibility index (Phi) is 2.93. The number of fused-ring (bicyclic) bond motifs is 3. The maximum Gasteiger partial charge on any atom is 0.141 e. The van der Waals surface area contributed by atoms with Gasteiger partial charge in [-0.3, -0.25) is 0 Å². The molecular formula is C15H19N3OS. The fourth-order valence-corrected chi connectivity index (χ4v) is 4.73. The summed E-state index contributed by atoms with van der Waals surface area (Å²) in [6, 6.07) is 0. The fraction of sp³-hybridized carbons (Fsp3) is 0.600. The summed E-state index contributed by atoms with van der Waals surface area (Å²) >= 11 is 1.86. The lowest BCUT2D eigenvalue weighted by Gasteiger charge is -2.36. The molecule has 106 valence electrons. The highest BCUT2D eigenvalue weighted by atomic mass is 32.1. The topological polar surface area (TPSA) is 38.2 Å². The van der Waals surface area contributed by atoms with Gasteiger partial charge in [0.2, 0.25) is 0 Å². The van der Waals surface area contributed by atoms with Gasteiger partial charge in [0, 0.05) is 18.0 Å². The van der Waals surface area contributed by atoms with Gasteiger partial charge in [-0.2, -0.15) is 0 Å². The van der Waals surface area contributed by atoms with Gasteiger partial charge in [-0.25, -0.2) is 9.97 Å². The molecule has 4 rings (SSSR count). The summed E-state index contributed by atoms with van der Waals surface area (Å²) in [4.78, 5) is 14.2. The third kappa shape index (κ3) is 1.91. The van der Waals surface area contributed by atoms with Crippen LogP contribution in [0, 0.1) is 0 Å². The second-order valence-corrected chi connectivity index (χ2v) is 6.98. The minimum Gasteiger partial charge on any atom is -0.372 e. The molecule has 1 saturated heterocycles. The van der Waals surface area contributed by atoms with Crippen molar-refractivity contribution in [2.45, 2.75) is 45.3 Å². The molecule has 1 aliphatic carbocycles. The van der Waals surface area contributed by atoms with Crippen molar-refractivity contribution in [3.8, 4) is 0 Å². The van der Waals surface area contributed by atoms with Crippen molar-refractivity contribution in [1.82, 2.24) is 9.97 Å². The van der Waals surface area contributed by atoms with Crippen LogP contribution >= 0.6 is 11.3 Å². The third-order valence-electron chi connectivity index (χ3n) is 4.20. The van der Waals surface area contributed by atoms with E-state index >= 15 is 0 Å². The zero-order chi connectivity index (χ0) is 13.7. The van der Waals surface area contributed by atoms with Crippen molar-refractivity contribution >= 4 is 27.4 Å². The molecule has 2 atom stereocenters. The Labute approximate surface area is 122 Å². The Bertz CT molecular complexity index is 644. The molecule has 0 aromatic carbocycles. The number of aryl methyl sites for hydroxylation is 2. The smallest absolute Gasteiger partial charge is 0.141 e. The minimum atomic E-state index is 0.260. The molecule has 0 saturated carbocycles. The van der Waals surface area contributed by atoms with Crippen molar-refractivity contribution < 1.29 is 4.74 Å². The van der Waals surface area contributed by atoms with Crippen molar-refractivity contribution in [1.29, 1.82) is 0 Å². The van der Waals surface area contributed by atoms with Crippen LogP contribution in [0.2, 0.25) is 0 Å². The Hall–Kier alpha value is -1.20. The third-order valence-corrected chi connectivity index (χ3v) is 5.40. The molecule has 20 heavy (non-hydrogen) atoms. The maximum atomic E-state index is 5.84. The lowest BCUT2D eigenvalue weighted by atomic mass is 10.1. The maximum absolute atomic E-state index is 5.84. The van der Waals surface area contributed by atoms with Gasteiger partial charge in [0.1, 0.15) is 17.0 Å². The van der Waals surface area contributed by atoms with Crippen LogP contribution in [-0.2, 0) is 17.6 Å². The number of nitrogens with zero attached hydrogens (tertiary/aromatic N) is 3. The number of aromatic nitrogens is 2. The van der Waals surface area contributed by atoms with Gasteiger partial charge in [-0.1, -0.05) is 0 Å². The average molecular weight is 289 g/mol. The summed E-state index contributed by atoms with van der Waals surface area (Å²) < 4.78 is 5.84. The van der Waals surface area contributed by atoms with Crippen LogP contribution in [-0.4, -0.2) is 35.3 Å². The Morgan fingerprint density at radius 1 is 1.20 bits per heavy atom. The summed E-state index contributed by atoms with van der Waals surface area (Å²) in [5, 5.41) is 1.31. The zero-order valence-electron chi connectivity index (χ0n) is 11.9. The summed E-state index contributed by atoms with van der Waals surface area (Å²) in [6.07, 6.45) is 5.91. The van der Waals surface area contributed by atoms with E-state index in [-0.39, 0.29) is 12.2 Å². The summed E-state index contributed by atoms with van der Waals surface area (Å²) in [5.74, 6) is 1.12. The Morgan fingerprint density at radius 2 is 2.00 bits per heavy atom. The molecule has 0 unspecified atom stereocenters. The number of morpholine rings is 1. The van der Waals surface area contributed by atoms with Crippen LogP contribution in [0.3, 0.4) is 0 Å². The second kappa shape index (κ2) is 4.67. The molecule has 1 fully saturated rings. The Morgan fingerprint density at radius 3 is 2.80 bits per heavy atom. The van der Waals surface area contributed by atoms with Gasteiger partial charge in [0.05, 0.1) is 17.6 Å². The molecule has 0 N–H and O–H groups in total. The van der Waals surface area contributed by atoms with Crippen LogP contribution in [0.5, 0.6) is 0 Å². The number of hydrogen-bond acceptors (Lipinski definition) is 5. The van der Waals surface area contributed by atoms with E-state index in [9.17, 15) is 0 Å². The lowest BCUT2D eigenvalue weighted by molar-refractivity contribution is -0.00537. The van der Waals surface area contributed by atoms with Crippen LogP contribution in [0.25, 0.3) is 10.2 Å². The molecule has 0 radical (unpaired) electrons. The monoisotopic (exact) mass is 289 g/mol. The molecular weight excluding hydrogens is 270 g/mol. The van der Waals surface area contributed by atoms with Crippen LogP contribution < -0.4 is 4.90 Å². The predicted molar refractivity (Wildman–Crippen MR) is 81.7 cm³/mol. The molecule has 0 amide bonds. The first-order valence-corrected chi connectivity index (χ1v) is 8.19. The summed E-state index contributed by atoms with van der Waals surface area (Å²) in [6.45, 7) is 6.11. The number of hydrogen-bond donors (Lipinski definition) is 0. The standard InChI is InChI=1S/C15H19N3OS/c1-9-6-18(7-10(2)19-9)14-13-11-4-3-5-12(11)20-15(13)17-8-16-14/h8-10H,3-7H2,1-2H3/t9-,10-/m0/s1. The van der Waals surface area contributed by atoms with Crippen molar-refractivity contribution in [2.75, 3.05) is 18.0 Å². The van der Waals surface area contributed by atoms with E-state index < -0.39 is 0 Å². The highest BCUT2D eigenvalue weighted by Gasteiger charge is 2.28. The van der Waals surface area contributed by atoms with E-state index in [0.29, 0.717) is 0 Å². The lowest BCUT2D eigenvalue weighted by Crippen LogP contribution is -2.46. The number of thiophene rings is 1. The molecule has 2 aromatic rings. The SMILES string of the molecule is C[C@H]1CN(c2ncnc3sc4c(c23)CCC4)C[C@H](C)O1. The molecule has 0 spiro atoms. The molecule has 0 bridgehead atoms. The molecule has 3 heterocycles. The van der Waals surface area contributed by atoms with Crippen LogP contribution in [0.4, 0.5) is 5.82 Å². The van der Waals surface area contributed by atoms with E-state index in [1.165, 1.54) is 35.1 Å². The number of rotatable bonds is 1. The first kappa shape index (κ1) is 12.5. The number of ether oxygens (including phenoxy) is 1. The molecule has 1 aliphatic heterocycles. The quantitative estimate of drug-likeness (QED) is 0.809. The average Bonchev–Trinajstić information content (AvgIpc) is 2.96. The summed E-state index contributed by atoms with van der Waals surface area (Å²) in [7, 11) is 0. The van der Waals surface area contributed by atoms with Crippen LogP contribution in [0.1, 0.15) is 30.7 Å². The summed E-state index contributed by atoms with van der Waals surface area (Å²) in [5.41, 5.74) is 1.51. The van der Waals surface area contributed by atoms with Crippen molar-refractivity contribution in [3.63, 3.8) is 0 Å². The van der Waals surface area contributed by atoms with E-state index in [4.69, 9.17) is 4.74 Å². The van der Waals surface area contributed by atoms with E-state index in [0.717, 1.165) is 23.7 Å². The molecule has 5 heteroatoms. The van der Waals surface area contributed by atoms with Crippen molar-refractivity contribution in [3.05, 3.63) is 16.8 Å². The molecule has 4 nitrogen and oxygen atoms in total. The van der Waals surface area contributed by atoms with Crippen molar-refractivity contribution in [2.24, 2.45) is 0 Å². The van der Waals surface area contributed by atoms with Gasteiger partial charge < -0.3 is 9.64 Å². The molecule has 2 aliphatic rings. The highest BCUT2D eigenvalue weighted by Crippen LogP contribution is 2.40. The largest absolute Gasteiger partial charge is 0.372 e. The van der Waals surface area contributed by atoms with Gasteiger partial charge in [0.25, 0.3) is 0 Å². The van der Waals surface area contributed by atoms with Gasteiger partial charge in [-0.05, 0) is 38.7 Å². The highest BCUT2D eigenvalue weighted by molar-refractivity contribution is 7.19. The Balaban J connectivity index is 1.83. The van der Waals surface area contributed by atoms with Gasteiger partial charge in [0.15, 0.2) is 0 Å². The second-order valence-electron chi connectivity index (χ2n) is 5.90. The first-order valence-electron chi connectivity index (χ1n) is 7.38. The zero-order valence-corrected chi connectivity index (χ0v) is 12.7. The predicted octanol–water partition coefficient (Wildman–Crippen LogP) is 2.79. The fourth-order valence-electron chi connectivity index (χ4n) is 3.50. The van der Waals surface area contributed by atoms with E-state index in [1.807, 2.05) is 11.3 Å².